The Balaban J connectivity index is 1.49. The summed E-state index contributed by atoms with van der Waals surface area (Å²) in [5.41, 5.74) is 2.89. The molecule has 0 radical (unpaired) electrons. The van der Waals surface area contributed by atoms with Crippen molar-refractivity contribution < 1.29 is 13.7 Å². The monoisotopic (exact) mass is 411 g/mol. The van der Waals surface area contributed by atoms with Crippen molar-refractivity contribution in [1.82, 2.24) is 25.2 Å². The van der Waals surface area contributed by atoms with E-state index in [0.29, 0.717) is 16.3 Å². The number of nitrogens with zero attached hydrogens (tertiary/aromatic N) is 4. The highest BCUT2D eigenvalue weighted by Crippen LogP contribution is 2.22. The van der Waals surface area contributed by atoms with E-state index < -0.39 is 5.91 Å². The fraction of sp³-hybridized carbons (Fsp3) is 0.100. The van der Waals surface area contributed by atoms with Gasteiger partial charge in [0.05, 0.1) is 16.9 Å². The van der Waals surface area contributed by atoms with Crippen LogP contribution in [-0.4, -0.2) is 25.8 Å². The number of amides is 1. The third-order valence-electron chi connectivity index (χ3n) is 4.22. The summed E-state index contributed by atoms with van der Waals surface area (Å²) in [6, 6.07) is 13.0. The molecule has 1 amide bonds. The predicted octanol–water partition coefficient (Wildman–Crippen LogP) is 3.95. The van der Waals surface area contributed by atoms with Gasteiger partial charge >= 0.3 is 11.8 Å². The fourth-order valence-electron chi connectivity index (χ4n) is 2.69. The van der Waals surface area contributed by atoms with Gasteiger partial charge in [-0.1, -0.05) is 28.9 Å². The van der Waals surface area contributed by atoms with Crippen LogP contribution < -0.4 is 5.32 Å². The average Bonchev–Trinajstić information content (AvgIpc) is 3.35. The molecule has 0 atom stereocenters. The van der Waals surface area contributed by atoms with E-state index in [1.54, 1.807) is 35.1 Å². The lowest BCUT2D eigenvalue weighted by Crippen LogP contribution is -2.23. The number of benzene rings is 2. The predicted molar refractivity (Wildman–Crippen MR) is 104 cm³/mol. The molecule has 0 fully saturated rings. The molecule has 0 bridgehead atoms. The topological polar surface area (TPSA) is 85.8 Å². The van der Waals surface area contributed by atoms with Gasteiger partial charge in [-0.05, 0) is 48.9 Å². The second kappa shape index (κ2) is 7.84. The molecule has 0 saturated heterocycles. The Kier molecular flexibility index (Phi) is 5.09. The van der Waals surface area contributed by atoms with Gasteiger partial charge in [0.1, 0.15) is 5.82 Å². The van der Waals surface area contributed by atoms with Crippen LogP contribution in [0.3, 0.4) is 0 Å². The molecule has 0 unspecified atom stereocenters. The first-order valence-electron chi connectivity index (χ1n) is 8.68. The van der Waals surface area contributed by atoms with Gasteiger partial charge in [-0.3, -0.25) is 4.79 Å². The minimum atomic E-state index is -0.518. The van der Waals surface area contributed by atoms with Crippen LogP contribution in [0.25, 0.3) is 17.1 Å². The molecule has 29 heavy (non-hydrogen) atoms. The highest BCUT2D eigenvalue weighted by molar-refractivity contribution is 6.30. The smallest absolute Gasteiger partial charge is 0.316 e. The largest absolute Gasteiger partial charge is 0.344 e. The van der Waals surface area contributed by atoms with Crippen molar-refractivity contribution >= 4 is 17.5 Å². The van der Waals surface area contributed by atoms with Crippen LogP contribution in [0.2, 0.25) is 5.02 Å². The maximum atomic E-state index is 12.9. The van der Waals surface area contributed by atoms with Crippen molar-refractivity contribution in [3.8, 4) is 17.1 Å². The van der Waals surface area contributed by atoms with Crippen LogP contribution >= 0.6 is 11.6 Å². The first-order valence-corrected chi connectivity index (χ1v) is 9.06. The van der Waals surface area contributed by atoms with Crippen LogP contribution in [0.15, 0.2) is 59.3 Å². The molecule has 0 saturated carbocycles. The van der Waals surface area contributed by atoms with Crippen LogP contribution in [-0.2, 0) is 6.54 Å². The molecule has 2 heterocycles. The summed E-state index contributed by atoms with van der Waals surface area (Å²) < 4.78 is 19.7. The van der Waals surface area contributed by atoms with Gasteiger partial charge in [-0.15, -0.1) is 0 Å². The molecular formula is C20H15ClFN5O2. The average molecular weight is 412 g/mol. The number of aryl methyl sites for hydroxylation is 1. The molecular weight excluding hydrogens is 397 g/mol. The first kappa shape index (κ1) is 18.8. The molecule has 4 rings (SSSR count). The van der Waals surface area contributed by atoms with Crippen molar-refractivity contribution in [2.45, 2.75) is 13.5 Å². The van der Waals surface area contributed by atoms with Crippen molar-refractivity contribution in [3.63, 3.8) is 0 Å². The SMILES string of the molecule is Cc1nn(-c2ccc(Cl)cc2)cc1-c1noc(C(=O)NCc2ccc(F)cc2)n1. The van der Waals surface area contributed by atoms with Gasteiger partial charge in [-0.2, -0.15) is 10.1 Å². The molecule has 2 aromatic carbocycles. The summed E-state index contributed by atoms with van der Waals surface area (Å²) in [5.74, 6) is -0.762. The second-order valence-electron chi connectivity index (χ2n) is 6.28. The first-order chi connectivity index (χ1) is 14.0. The van der Waals surface area contributed by atoms with Gasteiger partial charge in [0.15, 0.2) is 0 Å². The summed E-state index contributed by atoms with van der Waals surface area (Å²) in [7, 11) is 0. The van der Waals surface area contributed by atoms with E-state index in [4.69, 9.17) is 16.1 Å². The highest BCUT2D eigenvalue weighted by atomic mass is 35.5. The van der Waals surface area contributed by atoms with Gasteiger partial charge in [-0.25, -0.2) is 9.07 Å². The van der Waals surface area contributed by atoms with E-state index in [-0.39, 0.29) is 24.1 Å². The van der Waals surface area contributed by atoms with Crippen LogP contribution in [0, 0.1) is 12.7 Å². The Labute approximate surface area is 170 Å². The molecule has 7 nitrogen and oxygen atoms in total. The molecule has 0 aliphatic rings. The molecule has 0 aliphatic heterocycles. The van der Waals surface area contributed by atoms with E-state index in [9.17, 15) is 9.18 Å². The van der Waals surface area contributed by atoms with Crippen LogP contribution in [0.4, 0.5) is 4.39 Å². The second-order valence-corrected chi connectivity index (χ2v) is 6.72. The summed E-state index contributed by atoms with van der Waals surface area (Å²) in [4.78, 5) is 16.4. The third kappa shape index (κ3) is 4.17. The van der Waals surface area contributed by atoms with Crippen molar-refractivity contribution in [2.75, 3.05) is 0 Å². The van der Waals surface area contributed by atoms with E-state index >= 15 is 0 Å². The number of rotatable bonds is 5. The molecule has 146 valence electrons. The van der Waals surface area contributed by atoms with Gasteiger partial charge in [0.2, 0.25) is 5.82 Å². The fourth-order valence-corrected chi connectivity index (χ4v) is 2.82. The Morgan fingerprint density at radius 2 is 1.90 bits per heavy atom. The zero-order valence-electron chi connectivity index (χ0n) is 15.3. The number of aromatic nitrogens is 4. The number of hydrogen-bond acceptors (Lipinski definition) is 5. The van der Waals surface area contributed by atoms with E-state index in [0.717, 1.165) is 11.3 Å². The maximum Gasteiger partial charge on any atom is 0.316 e. The van der Waals surface area contributed by atoms with E-state index in [1.165, 1.54) is 12.1 Å². The Morgan fingerprint density at radius 3 is 2.62 bits per heavy atom. The van der Waals surface area contributed by atoms with Crippen molar-refractivity contribution in [1.29, 1.82) is 0 Å². The Morgan fingerprint density at radius 1 is 1.17 bits per heavy atom. The van der Waals surface area contributed by atoms with E-state index in [2.05, 4.69) is 20.6 Å². The molecule has 4 aromatic rings. The number of carbonyl (C=O) groups excluding carboxylic acids is 1. The summed E-state index contributed by atoms with van der Waals surface area (Å²) >= 11 is 5.92. The van der Waals surface area contributed by atoms with Crippen molar-refractivity contribution in [3.05, 3.63) is 82.7 Å². The van der Waals surface area contributed by atoms with Crippen LogP contribution in [0.1, 0.15) is 21.9 Å². The lowest BCUT2D eigenvalue weighted by atomic mass is 10.2. The van der Waals surface area contributed by atoms with Crippen LogP contribution in [0.5, 0.6) is 0 Å². The number of halogens is 2. The molecule has 2 aromatic heterocycles. The summed E-state index contributed by atoms with van der Waals surface area (Å²) in [5, 5.41) is 11.6. The van der Waals surface area contributed by atoms with Gasteiger partial charge in [0.25, 0.3) is 0 Å². The zero-order valence-corrected chi connectivity index (χ0v) is 16.0. The molecule has 0 aliphatic carbocycles. The lowest BCUT2D eigenvalue weighted by molar-refractivity contribution is 0.0907. The van der Waals surface area contributed by atoms with Gasteiger partial charge < -0.3 is 9.84 Å². The summed E-state index contributed by atoms with van der Waals surface area (Å²) in [6.07, 6.45) is 1.75. The third-order valence-corrected chi connectivity index (χ3v) is 4.47. The standard InChI is InChI=1S/C20H15ClFN5O2/c1-12-17(11-27(25-12)16-8-4-14(21)5-9-16)18-24-20(29-26-18)19(28)23-10-13-2-6-15(22)7-3-13/h2-9,11H,10H2,1H3,(H,23,28). The van der Waals surface area contributed by atoms with Gasteiger partial charge in [0, 0.05) is 17.8 Å². The maximum absolute atomic E-state index is 12.9. The minimum absolute atomic E-state index is 0.166. The minimum Gasteiger partial charge on any atom is -0.344 e. The highest BCUT2D eigenvalue weighted by Gasteiger charge is 2.19. The molecule has 9 heteroatoms. The molecule has 0 spiro atoms. The summed E-state index contributed by atoms with van der Waals surface area (Å²) in [6.45, 7) is 2.02. The Hall–Kier alpha value is -3.52. The number of nitrogens with one attached hydrogen (secondary N) is 1. The molecule has 1 N–H and O–H groups in total. The van der Waals surface area contributed by atoms with Crippen molar-refractivity contribution in [2.24, 2.45) is 0 Å². The number of hydrogen-bond donors (Lipinski definition) is 1. The Bertz CT molecular complexity index is 1150. The zero-order chi connectivity index (χ0) is 20.4. The quantitative estimate of drug-likeness (QED) is 0.537. The normalized spacial score (nSPS) is 10.9. The number of carbonyl (C=O) groups is 1. The lowest BCUT2D eigenvalue weighted by Gasteiger charge is -2.01. The van der Waals surface area contributed by atoms with E-state index in [1.807, 2.05) is 19.1 Å².